The van der Waals surface area contributed by atoms with Crippen LogP contribution in [0.4, 0.5) is 26.3 Å². The van der Waals surface area contributed by atoms with Gasteiger partial charge in [0.05, 0.1) is 5.56 Å². The van der Waals surface area contributed by atoms with Crippen molar-refractivity contribution >= 4 is 11.8 Å². The van der Waals surface area contributed by atoms with Crippen LogP contribution in [-0.4, -0.2) is 67.1 Å². The number of alkyl halides is 6. The van der Waals surface area contributed by atoms with Crippen molar-refractivity contribution in [1.82, 2.24) is 15.1 Å². The molecule has 2 amide bonds. The molecule has 4 aromatic rings. The molecule has 11 heteroatoms. The normalized spacial score (nSPS) is 16.0. The number of halogens is 6. The Balaban J connectivity index is 1.07. The minimum atomic E-state index is -4.52. The zero-order valence-corrected chi connectivity index (χ0v) is 28.2. The molecule has 5 nitrogen and oxygen atoms in total. The zero-order valence-electron chi connectivity index (χ0n) is 28.2. The predicted octanol–water partition coefficient (Wildman–Crippen LogP) is 8.72. The van der Waals surface area contributed by atoms with Crippen LogP contribution in [0.5, 0.6) is 0 Å². The second-order valence-electron chi connectivity index (χ2n) is 13.4. The molecule has 1 aliphatic heterocycles. The van der Waals surface area contributed by atoms with Gasteiger partial charge in [-0.2, -0.15) is 26.3 Å². The number of carbonyl (C=O) groups is 2. The average molecular weight is 708 g/mol. The molecule has 268 valence electrons. The maximum Gasteiger partial charge on any atom is 0.416 e. The van der Waals surface area contributed by atoms with Gasteiger partial charge in [-0.25, -0.2) is 0 Å². The molecule has 1 N–H and O–H groups in total. The van der Waals surface area contributed by atoms with E-state index in [1.807, 2.05) is 48.5 Å². The molecular weight excluding hydrogens is 668 g/mol. The van der Waals surface area contributed by atoms with Gasteiger partial charge in [0.25, 0.3) is 5.91 Å². The van der Waals surface area contributed by atoms with E-state index in [0.717, 1.165) is 65.3 Å². The van der Waals surface area contributed by atoms with Gasteiger partial charge in [0.2, 0.25) is 5.91 Å². The highest BCUT2D eigenvalue weighted by molar-refractivity contribution is 6.01. The Labute approximate surface area is 293 Å². The van der Waals surface area contributed by atoms with Crippen molar-refractivity contribution in [1.29, 1.82) is 0 Å². The van der Waals surface area contributed by atoms with E-state index in [2.05, 4.69) is 10.2 Å². The number of nitrogens with one attached hydrogen (secondary N) is 1. The molecule has 0 atom stereocenters. The SMILES string of the molecule is CN(CC(F)(F)F)C(=O)C1(CCCCN2CCC(NC(=O)c3ccccc3-c3ccc(C(F)(F)F)cc3)CC2)c2ccccc2-c2ccccc21. The van der Waals surface area contributed by atoms with Crippen molar-refractivity contribution in [3.05, 3.63) is 119 Å². The maximum atomic E-state index is 14.1. The lowest BCUT2D eigenvalue weighted by Gasteiger charge is -2.36. The van der Waals surface area contributed by atoms with Gasteiger partial charge in [0, 0.05) is 31.7 Å². The van der Waals surface area contributed by atoms with Crippen molar-refractivity contribution in [2.24, 2.45) is 0 Å². The lowest BCUT2D eigenvalue weighted by molar-refractivity contribution is -0.161. The molecular formula is C40H39F6N3O2. The van der Waals surface area contributed by atoms with Crippen LogP contribution in [0.1, 0.15) is 59.2 Å². The molecule has 1 aliphatic carbocycles. The standard InChI is InChI=1S/C40H39F6N3O2/c1-48(26-39(41,42)43)37(51)38(34-14-6-4-11-31(34)32-12-5-7-15-35(32)38)22-8-9-23-49-24-20-29(21-25-49)47-36(50)33-13-3-2-10-30(33)27-16-18-28(19-17-27)40(44,45)46/h2-7,10-19,29H,8-9,20-26H2,1H3,(H,47,50). The molecule has 0 saturated carbocycles. The molecule has 1 fully saturated rings. The Kier molecular flexibility index (Phi) is 10.3. The molecule has 1 saturated heterocycles. The van der Waals surface area contributed by atoms with Gasteiger partial charge in [-0.15, -0.1) is 0 Å². The summed E-state index contributed by atoms with van der Waals surface area (Å²) >= 11 is 0. The van der Waals surface area contributed by atoms with Crippen molar-refractivity contribution < 1.29 is 35.9 Å². The molecule has 0 bridgehead atoms. The number of piperidine rings is 1. The average Bonchev–Trinajstić information content (AvgIpc) is 3.40. The third kappa shape index (κ3) is 7.68. The summed E-state index contributed by atoms with van der Waals surface area (Å²) in [7, 11) is 1.22. The molecule has 0 unspecified atom stereocenters. The van der Waals surface area contributed by atoms with Gasteiger partial charge >= 0.3 is 12.4 Å². The quantitative estimate of drug-likeness (QED) is 0.133. The molecule has 0 spiro atoms. The molecule has 2 aliphatic rings. The number of benzene rings is 4. The van der Waals surface area contributed by atoms with Gasteiger partial charge in [-0.1, -0.05) is 85.3 Å². The number of likely N-dealkylation sites (N-methyl/N-ethyl adjacent to an activating group) is 1. The number of fused-ring (bicyclic) bond motifs is 3. The lowest BCUT2D eigenvalue weighted by atomic mass is 9.73. The monoisotopic (exact) mass is 707 g/mol. The minimum Gasteiger partial charge on any atom is -0.349 e. The fourth-order valence-corrected chi connectivity index (χ4v) is 7.66. The van der Waals surface area contributed by atoms with Gasteiger partial charge in [-0.05, 0) is 83.8 Å². The van der Waals surface area contributed by atoms with Gasteiger partial charge in [0.15, 0.2) is 0 Å². The number of rotatable bonds is 10. The van der Waals surface area contributed by atoms with Crippen LogP contribution in [0, 0.1) is 0 Å². The van der Waals surface area contributed by atoms with Crippen molar-refractivity contribution in [2.45, 2.75) is 55.9 Å². The first-order chi connectivity index (χ1) is 24.3. The first kappa shape index (κ1) is 36.2. The summed E-state index contributed by atoms with van der Waals surface area (Å²) in [4.78, 5) is 30.5. The fraction of sp³-hybridized carbons (Fsp3) is 0.350. The predicted molar refractivity (Wildman–Crippen MR) is 184 cm³/mol. The van der Waals surface area contributed by atoms with Crippen molar-refractivity contribution in [2.75, 3.05) is 33.2 Å². The minimum absolute atomic E-state index is 0.0778. The van der Waals surface area contributed by atoms with E-state index in [4.69, 9.17) is 0 Å². The van der Waals surface area contributed by atoms with Gasteiger partial charge in [0.1, 0.15) is 12.0 Å². The van der Waals surface area contributed by atoms with Crippen LogP contribution in [0.25, 0.3) is 22.3 Å². The highest BCUT2D eigenvalue weighted by Gasteiger charge is 2.50. The number of nitrogens with zero attached hydrogens (tertiary/aromatic N) is 2. The number of unbranched alkanes of at least 4 members (excludes halogenated alkanes) is 1. The molecule has 6 rings (SSSR count). The summed E-state index contributed by atoms with van der Waals surface area (Å²) in [5, 5.41) is 3.10. The van der Waals surface area contributed by atoms with Crippen LogP contribution >= 0.6 is 0 Å². The second kappa shape index (κ2) is 14.5. The number of hydrogen-bond donors (Lipinski definition) is 1. The largest absolute Gasteiger partial charge is 0.416 e. The van der Waals surface area contributed by atoms with E-state index in [1.165, 1.54) is 19.2 Å². The van der Waals surface area contributed by atoms with Crippen LogP contribution in [0.15, 0.2) is 97.1 Å². The Morgan fingerprint density at radius 3 is 1.88 bits per heavy atom. The van der Waals surface area contributed by atoms with Gasteiger partial charge in [-0.3, -0.25) is 9.59 Å². The lowest BCUT2D eigenvalue weighted by Crippen LogP contribution is -2.48. The highest BCUT2D eigenvalue weighted by atomic mass is 19.4. The number of hydrogen-bond acceptors (Lipinski definition) is 3. The Hall–Kier alpha value is -4.64. The van der Waals surface area contributed by atoms with Crippen molar-refractivity contribution in [3.8, 4) is 22.3 Å². The molecule has 4 aromatic carbocycles. The molecule has 1 heterocycles. The maximum absolute atomic E-state index is 14.1. The first-order valence-electron chi connectivity index (χ1n) is 17.1. The zero-order chi connectivity index (χ0) is 36.4. The first-order valence-corrected chi connectivity index (χ1v) is 17.1. The van der Waals surface area contributed by atoms with E-state index in [1.54, 1.807) is 24.3 Å². The smallest absolute Gasteiger partial charge is 0.349 e. The molecule has 51 heavy (non-hydrogen) atoms. The number of carbonyl (C=O) groups excluding carboxylic acids is 2. The number of likely N-dealkylation sites (tertiary alicyclic amines) is 1. The summed E-state index contributed by atoms with van der Waals surface area (Å²) in [6, 6.07) is 26.5. The summed E-state index contributed by atoms with van der Waals surface area (Å²) in [6.45, 7) is 0.874. The Morgan fingerprint density at radius 2 is 1.31 bits per heavy atom. The van der Waals surface area contributed by atoms with Crippen molar-refractivity contribution in [3.63, 3.8) is 0 Å². The second-order valence-corrected chi connectivity index (χ2v) is 13.4. The molecule has 0 radical (unpaired) electrons. The topological polar surface area (TPSA) is 52.7 Å². The summed E-state index contributed by atoms with van der Waals surface area (Å²) in [6.07, 6.45) is -5.83. The van der Waals surface area contributed by atoms with E-state index in [-0.39, 0.29) is 11.9 Å². The van der Waals surface area contributed by atoms with Crippen LogP contribution in [0.2, 0.25) is 0 Å². The Bertz CT molecular complexity index is 1820. The summed E-state index contributed by atoms with van der Waals surface area (Å²) < 4.78 is 79.5. The van der Waals surface area contributed by atoms with E-state index < -0.39 is 35.8 Å². The Morgan fingerprint density at radius 1 is 0.765 bits per heavy atom. The fourth-order valence-electron chi connectivity index (χ4n) is 7.66. The van der Waals surface area contributed by atoms with Gasteiger partial charge < -0.3 is 15.1 Å². The molecule has 0 aromatic heterocycles. The third-order valence-electron chi connectivity index (χ3n) is 10.1. The highest BCUT2D eigenvalue weighted by Crippen LogP contribution is 2.52. The van der Waals surface area contributed by atoms with Crippen LogP contribution in [-0.2, 0) is 16.4 Å². The van der Waals surface area contributed by atoms with E-state index in [9.17, 15) is 35.9 Å². The summed E-state index contributed by atoms with van der Waals surface area (Å²) in [5.74, 6) is -0.847. The number of amides is 2. The van der Waals surface area contributed by atoms with Crippen LogP contribution in [0.3, 0.4) is 0 Å². The third-order valence-corrected chi connectivity index (χ3v) is 10.1. The van der Waals surface area contributed by atoms with E-state index in [0.29, 0.717) is 42.4 Å². The van der Waals surface area contributed by atoms with Crippen LogP contribution < -0.4 is 5.32 Å². The van der Waals surface area contributed by atoms with E-state index >= 15 is 0 Å². The summed E-state index contributed by atoms with van der Waals surface area (Å²) in [5.41, 5.74) is 2.69.